The lowest BCUT2D eigenvalue weighted by Gasteiger charge is -2.27. The maximum absolute atomic E-state index is 12.2. The van der Waals surface area contributed by atoms with Gasteiger partial charge in [-0.15, -0.1) is 0 Å². The summed E-state index contributed by atoms with van der Waals surface area (Å²) in [6.07, 6.45) is 7.15. The number of amides is 2. The first-order chi connectivity index (χ1) is 10.7. The number of nitrogens with zero attached hydrogens (tertiary/aromatic N) is 2. The number of rotatable bonds is 5. The molecular formula is C16H25N3O3. The van der Waals surface area contributed by atoms with Gasteiger partial charge in [0.15, 0.2) is 6.10 Å². The minimum Gasteiger partial charge on any atom is -0.436 e. The molecule has 1 aliphatic heterocycles. The van der Waals surface area contributed by atoms with E-state index in [1.165, 1.54) is 19.3 Å². The maximum Gasteiger partial charge on any atom is 0.410 e. The normalized spacial score (nSPS) is 20.2. The summed E-state index contributed by atoms with van der Waals surface area (Å²) in [7, 11) is 0. The van der Waals surface area contributed by atoms with Crippen LogP contribution in [0.5, 0.6) is 0 Å². The lowest BCUT2D eigenvalue weighted by atomic mass is 9.85. The molecular weight excluding hydrogens is 282 g/mol. The van der Waals surface area contributed by atoms with Gasteiger partial charge in [-0.05, 0) is 25.2 Å². The van der Waals surface area contributed by atoms with Gasteiger partial charge in [-0.25, -0.2) is 4.79 Å². The summed E-state index contributed by atoms with van der Waals surface area (Å²) in [6, 6.07) is 1.88. The Labute approximate surface area is 131 Å². The van der Waals surface area contributed by atoms with E-state index in [1.807, 2.05) is 6.07 Å². The number of carbonyl (C=O) groups is 2. The zero-order chi connectivity index (χ0) is 15.8. The molecule has 2 aliphatic rings. The number of hydrogen-bond donors (Lipinski definition) is 1. The molecule has 6 nitrogen and oxygen atoms in total. The van der Waals surface area contributed by atoms with Crippen LogP contribution in [0.2, 0.25) is 0 Å². The predicted octanol–water partition coefficient (Wildman–Crippen LogP) is 2.20. The van der Waals surface area contributed by atoms with Crippen molar-refractivity contribution < 1.29 is 14.3 Å². The van der Waals surface area contributed by atoms with Gasteiger partial charge in [0.2, 0.25) is 0 Å². The van der Waals surface area contributed by atoms with E-state index in [0.29, 0.717) is 25.4 Å². The first-order valence-electron chi connectivity index (χ1n) is 8.31. The van der Waals surface area contributed by atoms with Gasteiger partial charge in [0, 0.05) is 13.1 Å². The van der Waals surface area contributed by atoms with E-state index in [9.17, 15) is 9.59 Å². The first-order valence-corrected chi connectivity index (χ1v) is 8.31. The number of ether oxygens (including phenoxy) is 1. The van der Waals surface area contributed by atoms with E-state index in [1.54, 1.807) is 4.90 Å². The van der Waals surface area contributed by atoms with Crippen molar-refractivity contribution in [3.63, 3.8) is 0 Å². The van der Waals surface area contributed by atoms with E-state index in [4.69, 9.17) is 10.00 Å². The fourth-order valence-electron chi connectivity index (χ4n) is 3.27. The Morgan fingerprint density at radius 3 is 2.50 bits per heavy atom. The molecule has 0 aromatic heterocycles. The fourth-order valence-corrected chi connectivity index (χ4v) is 3.27. The van der Waals surface area contributed by atoms with E-state index >= 15 is 0 Å². The Morgan fingerprint density at radius 2 is 1.86 bits per heavy atom. The smallest absolute Gasteiger partial charge is 0.410 e. The summed E-state index contributed by atoms with van der Waals surface area (Å²) in [5, 5.41) is 11.1. The molecule has 1 unspecified atom stereocenters. The van der Waals surface area contributed by atoms with Gasteiger partial charge in [-0.2, -0.15) is 5.26 Å². The van der Waals surface area contributed by atoms with Crippen LogP contribution in [0, 0.1) is 17.2 Å². The molecule has 1 saturated heterocycles. The Hall–Kier alpha value is -1.77. The molecule has 122 valence electrons. The molecule has 0 aromatic carbocycles. The molecule has 22 heavy (non-hydrogen) atoms. The SMILES string of the molecule is N#CCNC(=O)C(CC1CCCCC1)OC(=O)N1CCCC1. The largest absolute Gasteiger partial charge is 0.436 e. The van der Waals surface area contributed by atoms with Crippen molar-refractivity contribution >= 4 is 12.0 Å². The quantitative estimate of drug-likeness (QED) is 0.789. The molecule has 2 fully saturated rings. The number of hydrogen-bond acceptors (Lipinski definition) is 4. The van der Waals surface area contributed by atoms with Crippen LogP contribution >= 0.6 is 0 Å². The summed E-state index contributed by atoms with van der Waals surface area (Å²) in [5.41, 5.74) is 0. The van der Waals surface area contributed by atoms with Crippen LogP contribution in [0.3, 0.4) is 0 Å². The molecule has 1 heterocycles. The number of nitrogens with one attached hydrogen (secondary N) is 1. The van der Waals surface area contributed by atoms with Gasteiger partial charge in [0.05, 0.1) is 6.07 Å². The second-order valence-electron chi connectivity index (χ2n) is 6.18. The Balaban J connectivity index is 1.91. The van der Waals surface area contributed by atoms with E-state index in [0.717, 1.165) is 25.7 Å². The molecule has 6 heteroatoms. The third-order valence-electron chi connectivity index (χ3n) is 4.51. The van der Waals surface area contributed by atoms with Gasteiger partial charge in [0.25, 0.3) is 5.91 Å². The van der Waals surface area contributed by atoms with E-state index in [2.05, 4.69) is 5.32 Å². The van der Waals surface area contributed by atoms with Crippen molar-refractivity contribution in [1.82, 2.24) is 10.2 Å². The fraction of sp³-hybridized carbons (Fsp3) is 0.812. The average Bonchev–Trinajstić information content (AvgIpc) is 3.07. The number of carbonyl (C=O) groups excluding carboxylic acids is 2. The molecule has 1 N–H and O–H groups in total. The maximum atomic E-state index is 12.2. The molecule has 0 radical (unpaired) electrons. The third kappa shape index (κ3) is 4.90. The number of nitriles is 1. The molecule has 0 bridgehead atoms. The van der Waals surface area contributed by atoms with Gasteiger partial charge >= 0.3 is 6.09 Å². The van der Waals surface area contributed by atoms with Crippen LogP contribution < -0.4 is 5.32 Å². The predicted molar refractivity (Wildman–Crippen MR) is 80.9 cm³/mol. The van der Waals surface area contributed by atoms with Crippen LogP contribution in [-0.4, -0.2) is 42.6 Å². The van der Waals surface area contributed by atoms with Gasteiger partial charge in [-0.3, -0.25) is 4.79 Å². The van der Waals surface area contributed by atoms with E-state index in [-0.39, 0.29) is 12.5 Å². The molecule has 1 aliphatic carbocycles. The molecule has 2 rings (SSSR count). The Kier molecular flexibility index (Phi) is 6.50. The van der Waals surface area contributed by atoms with Crippen LogP contribution in [0.1, 0.15) is 51.4 Å². The zero-order valence-electron chi connectivity index (χ0n) is 13.1. The number of likely N-dealkylation sites (tertiary alicyclic amines) is 1. The molecule has 1 saturated carbocycles. The van der Waals surface area contributed by atoms with Crippen molar-refractivity contribution in [2.45, 2.75) is 57.5 Å². The molecule has 1 atom stereocenters. The summed E-state index contributed by atoms with van der Waals surface area (Å²) in [4.78, 5) is 26.0. The topological polar surface area (TPSA) is 82.4 Å². The zero-order valence-corrected chi connectivity index (χ0v) is 13.1. The van der Waals surface area contributed by atoms with Crippen molar-refractivity contribution in [1.29, 1.82) is 5.26 Å². The minimum atomic E-state index is -0.774. The van der Waals surface area contributed by atoms with Crippen molar-refractivity contribution in [3.8, 4) is 6.07 Å². The Morgan fingerprint density at radius 1 is 1.18 bits per heavy atom. The summed E-state index contributed by atoms with van der Waals surface area (Å²) < 4.78 is 5.46. The van der Waals surface area contributed by atoms with Crippen LogP contribution in [0.25, 0.3) is 0 Å². The van der Waals surface area contributed by atoms with Crippen LogP contribution in [-0.2, 0) is 9.53 Å². The second kappa shape index (κ2) is 8.62. The highest BCUT2D eigenvalue weighted by Crippen LogP contribution is 2.28. The van der Waals surface area contributed by atoms with Crippen molar-refractivity contribution in [3.05, 3.63) is 0 Å². The standard InChI is InChI=1S/C16H25N3O3/c17-8-9-18-15(20)14(12-13-6-2-1-3-7-13)22-16(21)19-10-4-5-11-19/h13-14H,1-7,9-12H2,(H,18,20). The highest BCUT2D eigenvalue weighted by Gasteiger charge is 2.30. The lowest BCUT2D eigenvalue weighted by Crippen LogP contribution is -2.42. The van der Waals surface area contributed by atoms with Crippen molar-refractivity contribution in [2.75, 3.05) is 19.6 Å². The summed E-state index contributed by atoms with van der Waals surface area (Å²) >= 11 is 0. The first kappa shape index (κ1) is 16.6. The molecule has 0 spiro atoms. The lowest BCUT2D eigenvalue weighted by molar-refractivity contribution is -0.130. The average molecular weight is 307 g/mol. The summed E-state index contributed by atoms with van der Waals surface area (Å²) in [5.74, 6) is 0.0811. The summed E-state index contributed by atoms with van der Waals surface area (Å²) in [6.45, 7) is 1.35. The second-order valence-corrected chi connectivity index (χ2v) is 6.18. The van der Waals surface area contributed by atoms with Crippen LogP contribution in [0.15, 0.2) is 0 Å². The Bertz CT molecular complexity index is 421. The van der Waals surface area contributed by atoms with Crippen molar-refractivity contribution in [2.24, 2.45) is 5.92 Å². The molecule has 2 amide bonds. The van der Waals surface area contributed by atoms with Gasteiger partial charge < -0.3 is 15.0 Å². The minimum absolute atomic E-state index is 0.0543. The third-order valence-corrected chi connectivity index (χ3v) is 4.51. The highest BCUT2D eigenvalue weighted by atomic mass is 16.6. The van der Waals surface area contributed by atoms with Gasteiger partial charge in [-0.1, -0.05) is 32.1 Å². The van der Waals surface area contributed by atoms with Gasteiger partial charge in [0.1, 0.15) is 6.54 Å². The molecule has 0 aromatic rings. The monoisotopic (exact) mass is 307 g/mol. The van der Waals surface area contributed by atoms with Crippen LogP contribution in [0.4, 0.5) is 4.79 Å². The van der Waals surface area contributed by atoms with E-state index < -0.39 is 12.2 Å². The highest BCUT2D eigenvalue weighted by molar-refractivity contribution is 5.83.